The summed E-state index contributed by atoms with van der Waals surface area (Å²) in [5.41, 5.74) is 7.59. The highest BCUT2D eigenvalue weighted by molar-refractivity contribution is 5.92. The summed E-state index contributed by atoms with van der Waals surface area (Å²) in [5, 5.41) is 5.88. The second kappa shape index (κ2) is 6.42. The van der Waals surface area contributed by atoms with Gasteiger partial charge in [0.2, 0.25) is 0 Å². The molecule has 0 aliphatic heterocycles. The van der Waals surface area contributed by atoms with Crippen LogP contribution in [0.3, 0.4) is 0 Å². The molecule has 1 aliphatic carbocycles. The maximum Gasteiger partial charge on any atom is 0.271 e. The predicted molar refractivity (Wildman–Crippen MR) is 88.8 cm³/mol. The molecule has 2 unspecified atom stereocenters. The minimum atomic E-state index is -0.252. The molecule has 1 fully saturated rings. The number of nitrogens with one attached hydrogen (secondary N) is 2. The first-order chi connectivity index (χ1) is 11.1. The number of benzene rings is 1. The highest BCUT2D eigenvalue weighted by Crippen LogP contribution is 2.24. The lowest BCUT2D eigenvalue weighted by Gasteiger charge is -2.18. The van der Waals surface area contributed by atoms with E-state index in [1.165, 1.54) is 10.7 Å². The number of carbonyl (C=O) groups excluding carboxylic acids is 1. The Morgan fingerprint density at radius 2 is 2.09 bits per heavy atom. The van der Waals surface area contributed by atoms with Crippen LogP contribution < -0.4 is 16.6 Å². The molecule has 4 N–H and O–H groups in total. The number of rotatable bonds is 4. The molecule has 0 saturated heterocycles. The number of aromatic nitrogens is 2. The van der Waals surface area contributed by atoms with Crippen molar-refractivity contribution in [1.29, 1.82) is 0 Å². The van der Waals surface area contributed by atoms with E-state index in [0.29, 0.717) is 18.2 Å². The van der Waals surface area contributed by atoms with E-state index in [0.717, 1.165) is 24.8 Å². The van der Waals surface area contributed by atoms with Crippen LogP contribution in [0.2, 0.25) is 0 Å². The summed E-state index contributed by atoms with van der Waals surface area (Å²) in [6.07, 6.45) is 3.06. The zero-order valence-corrected chi connectivity index (χ0v) is 13.2. The van der Waals surface area contributed by atoms with Gasteiger partial charge in [-0.25, -0.2) is 4.68 Å². The third-order valence-corrected chi connectivity index (χ3v) is 4.54. The molecule has 122 valence electrons. The van der Waals surface area contributed by atoms with Crippen LogP contribution in [0.1, 0.15) is 35.3 Å². The van der Waals surface area contributed by atoms with Gasteiger partial charge in [0.15, 0.2) is 0 Å². The molecule has 2 aromatic rings. The molecule has 1 aromatic carbocycles. The fraction of sp³-hybridized carbons (Fsp3) is 0.412. The van der Waals surface area contributed by atoms with Crippen molar-refractivity contribution in [2.45, 2.75) is 32.2 Å². The van der Waals surface area contributed by atoms with E-state index in [9.17, 15) is 9.59 Å². The highest BCUT2D eigenvalue weighted by Gasteiger charge is 2.28. The number of hydrogen-bond donors (Lipinski definition) is 3. The lowest BCUT2D eigenvalue weighted by Crippen LogP contribution is -2.40. The lowest BCUT2D eigenvalue weighted by atomic mass is 10.0. The second-order valence-corrected chi connectivity index (χ2v) is 6.19. The monoisotopic (exact) mass is 314 g/mol. The van der Waals surface area contributed by atoms with Crippen molar-refractivity contribution in [3.63, 3.8) is 0 Å². The molecule has 6 heteroatoms. The van der Waals surface area contributed by atoms with Gasteiger partial charge >= 0.3 is 0 Å². The molecule has 0 radical (unpaired) electrons. The van der Waals surface area contributed by atoms with Crippen molar-refractivity contribution in [2.75, 3.05) is 6.54 Å². The van der Waals surface area contributed by atoms with Gasteiger partial charge < -0.3 is 11.1 Å². The van der Waals surface area contributed by atoms with Gasteiger partial charge in [-0.05, 0) is 44.4 Å². The number of amides is 1. The third kappa shape index (κ3) is 3.22. The normalized spacial score (nSPS) is 20.6. The zero-order valence-electron chi connectivity index (χ0n) is 13.2. The Morgan fingerprint density at radius 3 is 2.78 bits per heavy atom. The Labute approximate surface area is 134 Å². The van der Waals surface area contributed by atoms with Crippen molar-refractivity contribution in [3.8, 4) is 5.69 Å². The second-order valence-electron chi connectivity index (χ2n) is 6.19. The summed E-state index contributed by atoms with van der Waals surface area (Å²) in [4.78, 5) is 24.5. The summed E-state index contributed by atoms with van der Waals surface area (Å²) in [6, 6.07) is 8.96. The van der Waals surface area contributed by atoms with E-state index < -0.39 is 0 Å². The van der Waals surface area contributed by atoms with Crippen LogP contribution in [0, 0.1) is 12.8 Å². The smallest absolute Gasteiger partial charge is 0.271 e. The molecular weight excluding hydrogens is 292 g/mol. The van der Waals surface area contributed by atoms with Gasteiger partial charge in [0.25, 0.3) is 11.5 Å². The minimum absolute atomic E-state index is 0.0960. The fourth-order valence-electron chi connectivity index (χ4n) is 3.15. The molecular formula is C17H22N4O2. The van der Waals surface area contributed by atoms with Gasteiger partial charge in [0.1, 0.15) is 5.69 Å². The van der Waals surface area contributed by atoms with Crippen LogP contribution in [0.15, 0.2) is 35.1 Å². The van der Waals surface area contributed by atoms with E-state index in [2.05, 4.69) is 10.4 Å². The molecule has 1 saturated carbocycles. The quantitative estimate of drug-likeness (QED) is 0.795. The first-order valence-electron chi connectivity index (χ1n) is 7.98. The molecule has 1 aromatic heterocycles. The minimum Gasteiger partial charge on any atom is -0.348 e. The van der Waals surface area contributed by atoms with Gasteiger partial charge in [-0.2, -0.15) is 0 Å². The average Bonchev–Trinajstić information content (AvgIpc) is 3.14. The number of hydrogen-bond acceptors (Lipinski definition) is 3. The Bertz CT molecular complexity index is 745. The van der Waals surface area contributed by atoms with E-state index >= 15 is 0 Å². The number of nitrogens with two attached hydrogens (primary N) is 1. The van der Waals surface area contributed by atoms with E-state index in [4.69, 9.17) is 5.73 Å². The largest absolute Gasteiger partial charge is 0.348 e. The van der Waals surface area contributed by atoms with Crippen molar-refractivity contribution in [1.82, 2.24) is 15.1 Å². The first-order valence-corrected chi connectivity index (χ1v) is 7.98. The lowest BCUT2D eigenvalue weighted by molar-refractivity contribution is 0.0923. The molecule has 1 aliphatic rings. The average molecular weight is 314 g/mol. The zero-order chi connectivity index (χ0) is 16.4. The van der Waals surface area contributed by atoms with Crippen LogP contribution in [0.25, 0.3) is 5.69 Å². The van der Waals surface area contributed by atoms with Crippen LogP contribution in [0.5, 0.6) is 0 Å². The fourth-order valence-corrected chi connectivity index (χ4v) is 3.15. The summed E-state index contributed by atoms with van der Waals surface area (Å²) >= 11 is 0. The van der Waals surface area contributed by atoms with Gasteiger partial charge in [-0.1, -0.05) is 24.1 Å². The summed E-state index contributed by atoms with van der Waals surface area (Å²) < 4.78 is 1.38. The van der Waals surface area contributed by atoms with Crippen LogP contribution in [-0.2, 0) is 0 Å². The summed E-state index contributed by atoms with van der Waals surface area (Å²) in [5.74, 6) is 0.0724. The number of H-pyrrole nitrogens is 1. The van der Waals surface area contributed by atoms with Crippen LogP contribution in [0.4, 0.5) is 0 Å². The highest BCUT2D eigenvalue weighted by atomic mass is 16.2. The number of aromatic amines is 1. The van der Waals surface area contributed by atoms with Crippen molar-refractivity contribution < 1.29 is 4.79 Å². The Kier molecular flexibility index (Phi) is 4.34. The predicted octanol–water partition coefficient (Wildman–Crippen LogP) is 1.33. The van der Waals surface area contributed by atoms with Crippen molar-refractivity contribution >= 4 is 5.91 Å². The van der Waals surface area contributed by atoms with Crippen LogP contribution >= 0.6 is 0 Å². The van der Waals surface area contributed by atoms with Gasteiger partial charge in [0, 0.05) is 12.1 Å². The molecule has 3 rings (SSSR count). The molecule has 23 heavy (non-hydrogen) atoms. The van der Waals surface area contributed by atoms with Gasteiger partial charge in [-0.3, -0.25) is 14.7 Å². The molecule has 1 amide bonds. The SMILES string of the molecule is Cc1ccc(-n2[nH]c(C(=O)NC3CCCC3CN)cc2=O)cc1. The topological polar surface area (TPSA) is 92.9 Å². The maximum absolute atomic E-state index is 12.4. The molecule has 1 heterocycles. The Hall–Kier alpha value is -2.34. The maximum atomic E-state index is 12.4. The van der Waals surface area contributed by atoms with Crippen LogP contribution in [-0.4, -0.2) is 28.3 Å². The van der Waals surface area contributed by atoms with Gasteiger partial charge in [0.05, 0.1) is 5.69 Å². The van der Waals surface area contributed by atoms with Gasteiger partial charge in [-0.15, -0.1) is 0 Å². The first kappa shape index (κ1) is 15.6. The molecule has 2 atom stereocenters. The van der Waals surface area contributed by atoms with Crippen molar-refractivity contribution in [3.05, 3.63) is 51.9 Å². The van der Waals surface area contributed by atoms with E-state index in [1.807, 2.05) is 31.2 Å². The summed E-state index contributed by atoms with van der Waals surface area (Å²) in [7, 11) is 0. The standard InChI is InChI=1S/C17H22N4O2/c1-11-5-7-13(8-6-11)21-16(22)9-15(20-21)17(23)19-14-4-2-3-12(14)10-18/h5-9,12,14,20H,2-4,10,18H2,1H3,(H,19,23). The summed E-state index contributed by atoms with van der Waals surface area (Å²) in [6.45, 7) is 2.56. The molecule has 0 bridgehead atoms. The van der Waals surface area contributed by atoms with E-state index in [-0.39, 0.29) is 23.2 Å². The van der Waals surface area contributed by atoms with Crippen molar-refractivity contribution in [2.24, 2.45) is 11.7 Å². The molecule has 0 spiro atoms. The third-order valence-electron chi connectivity index (χ3n) is 4.54. The number of nitrogens with zero attached hydrogens (tertiary/aromatic N) is 1. The Balaban J connectivity index is 1.79. The van der Waals surface area contributed by atoms with E-state index in [1.54, 1.807) is 0 Å². The Morgan fingerprint density at radius 1 is 1.35 bits per heavy atom. The molecule has 6 nitrogen and oxygen atoms in total. The number of aryl methyl sites for hydroxylation is 1. The number of carbonyl (C=O) groups is 1.